The van der Waals surface area contributed by atoms with E-state index in [-0.39, 0.29) is 0 Å². The van der Waals surface area contributed by atoms with Gasteiger partial charge in [0.2, 0.25) is 0 Å². The monoisotopic (exact) mass is 419 g/mol. The van der Waals surface area contributed by atoms with Gasteiger partial charge in [0.25, 0.3) is 0 Å². The van der Waals surface area contributed by atoms with Crippen molar-refractivity contribution in [1.29, 1.82) is 0 Å². The molecule has 0 fully saturated rings. The summed E-state index contributed by atoms with van der Waals surface area (Å²) in [7, 11) is 1.80. The molecule has 0 aliphatic rings. The minimum Gasteiger partial charge on any atom is -0.377 e. The number of ether oxygens (including phenoxy) is 1. The van der Waals surface area contributed by atoms with E-state index in [1.165, 1.54) is 11.1 Å². The number of guanidine groups is 1. The van der Waals surface area contributed by atoms with E-state index in [9.17, 15) is 0 Å². The first-order chi connectivity index (χ1) is 15.2. The molecule has 0 aliphatic heterocycles. The molecule has 0 amide bonds. The molecule has 0 bridgehead atoms. The van der Waals surface area contributed by atoms with Crippen LogP contribution in [0.15, 0.2) is 65.7 Å². The number of rotatable bonds is 10. The number of hydrogen-bond acceptors (Lipinski definition) is 3. The van der Waals surface area contributed by atoms with Crippen LogP contribution in [0.2, 0.25) is 0 Å². The first-order valence-corrected chi connectivity index (χ1v) is 10.8. The van der Waals surface area contributed by atoms with Crippen molar-refractivity contribution in [2.45, 2.75) is 39.8 Å². The van der Waals surface area contributed by atoms with Gasteiger partial charge in [0.15, 0.2) is 5.96 Å². The summed E-state index contributed by atoms with van der Waals surface area (Å²) in [6, 6.07) is 20.7. The number of hydrogen-bond donors (Lipinski definition) is 2. The van der Waals surface area contributed by atoms with Crippen LogP contribution in [0.4, 0.5) is 0 Å². The van der Waals surface area contributed by atoms with E-state index in [1.807, 2.05) is 35.9 Å². The van der Waals surface area contributed by atoms with Crippen molar-refractivity contribution < 1.29 is 4.74 Å². The molecule has 3 aromatic rings. The summed E-state index contributed by atoms with van der Waals surface area (Å²) in [6.07, 6.45) is 2.04. The Morgan fingerprint density at radius 3 is 2.52 bits per heavy atom. The molecule has 0 saturated heterocycles. The summed E-state index contributed by atoms with van der Waals surface area (Å²) >= 11 is 0. The van der Waals surface area contributed by atoms with E-state index in [2.05, 4.69) is 64.0 Å². The van der Waals surface area contributed by atoms with Crippen molar-refractivity contribution in [3.8, 4) is 5.69 Å². The fraction of sp³-hybridized carbons (Fsp3) is 0.360. The zero-order valence-electron chi connectivity index (χ0n) is 18.8. The normalized spacial score (nSPS) is 11.5. The Morgan fingerprint density at radius 2 is 1.77 bits per heavy atom. The molecule has 31 heavy (non-hydrogen) atoms. The van der Waals surface area contributed by atoms with Gasteiger partial charge in [0.1, 0.15) is 0 Å². The maximum absolute atomic E-state index is 5.74. The van der Waals surface area contributed by atoms with Gasteiger partial charge in [-0.15, -0.1) is 0 Å². The lowest BCUT2D eigenvalue weighted by atomic mass is 10.1. The lowest BCUT2D eigenvalue weighted by Gasteiger charge is -2.15. The first-order valence-electron chi connectivity index (χ1n) is 10.8. The standard InChI is InChI=1S/C25H33N5O/c1-20-17-21(2)30(29-20)24-14-8-7-13-23(24)18-28-25(26-3)27-15-9-10-16-31-19-22-11-5-4-6-12-22/h4-8,11-14,17H,9-10,15-16,18-19H2,1-3H3,(H2,26,27,28). The van der Waals surface area contributed by atoms with E-state index < -0.39 is 0 Å². The van der Waals surface area contributed by atoms with Crippen molar-refractivity contribution >= 4 is 5.96 Å². The zero-order valence-corrected chi connectivity index (χ0v) is 18.8. The van der Waals surface area contributed by atoms with E-state index >= 15 is 0 Å². The van der Waals surface area contributed by atoms with Gasteiger partial charge in [-0.25, -0.2) is 4.68 Å². The van der Waals surface area contributed by atoms with Crippen molar-refractivity contribution in [1.82, 2.24) is 20.4 Å². The Kier molecular flexibility index (Phi) is 8.67. The number of benzene rings is 2. The van der Waals surface area contributed by atoms with Crippen LogP contribution in [-0.4, -0.2) is 35.9 Å². The predicted molar refractivity (Wildman–Crippen MR) is 127 cm³/mol. The van der Waals surface area contributed by atoms with Gasteiger partial charge in [-0.05, 0) is 49.9 Å². The van der Waals surface area contributed by atoms with E-state index in [0.717, 1.165) is 49.0 Å². The topological polar surface area (TPSA) is 63.5 Å². The number of aliphatic imine (C=N–C) groups is 1. The van der Waals surface area contributed by atoms with Crippen LogP contribution >= 0.6 is 0 Å². The molecule has 0 aliphatic carbocycles. The Hall–Kier alpha value is -3.12. The van der Waals surface area contributed by atoms with Crippen LogP contribution in [0.1, 0.15) is 35.4 Å². The maximum atomic E-state index is 5.74. The van der Waals surface area contributed by atoms with Crippen molar-refractivity contribution in [3.63, 3.8) is 0 Å². The minimum absolute atomic E-state index is 0.673. The Labute approximate surface area is 185 Å². The SMILES string of the molecule is CN=C(NCCCCOCc1ccccc1)NCc1ccccc1-n1nc(C)cc1C. The van der Waals surface area contributed by atoms with Gasteiger partial charge in [0.05, 0.1) is 18.0 Å². The lowest BCUT2D eigenvalue weighted by molar-refractivity contribution is 0.117. The van der Waals surface area contributed by atoms with Crippen molar-refractivity contribution in [2.24, 2.45) is 4.99 Å². The van der Waals surface area contributed by atoms with Crippen LogP contribution < -0.4 is 10.6 Å². The third kappa shape index (κ3) is 6.96. The lowest BCUT2D eigenvalue weighted by Crippen LogP contribution is -2.37. The zero-order chi connectivity index (χ0) is 21.9. The summed E-state index contributed by atoms with van der Waals surface area (Å²) in [4.78, 5) is 4.34. The molecule has 1 heterocycles. The highest BCUT2D eigenvalue weighted by atomic mass is 16.5. The van der Waals surface area contributed by atoms with Crippen molar-refractivity contribution in [2.75, 3.05) is 20.2 Å². The highest BCUT2D eigenvalue weighted by molar-refractivity contribution is 5.79. The van der Waals surface area contributed by atoms with Crippen molar-refractivity contribution in [3.05, 3.63) is 83.2 Å². The van der Waals surface area contributed by atoms with Gasteiger partial charge in [0, 0.05) is 32.4 Å². The fourth-order valence-electron chi connectivity index (χ4n) is 3.44. The third-order valence-corrected chi connectivity index (χ3v) is 5.02. The number of para-hydroxylation sites is 1. The molecule has 3 rings (SSSR count). The molecular formula is C25H33N5O. The molecule has 164 valence electrons. The second kappa shape index (κ2) is 11.9. The Morgan fingerprint density at radius 1 is 1.00 bits per heavy atom. The second-order valence-corrected chi connectivity index (χ2v) is 7.57. The summed E-state index contributed by atoms with van der Waals surface area (Å²) in [5.41, 5.74) is 5.62. The molecule has 2 N–H and O–H groups in total. The van der Waals surface area contributed by atoms with Crippen LogP contribution in [0.25, 0.3) is 5.69 Å². The van der Waals surface area contributed by atoms with E-state index in [4.69, 9.17) is 4.74 Å². The number of nitrogens with zero attached hydrogens (tertiary/aromatic N) is 3. The largest absolute Gasteiger partial charge is 0.377 e. The van der Waals surface area contributed by atoms with Crippen LogP contribution in [0.3, 0.4) is 0 Å². The maximum Gasteiger partial charge on any atom is 0.191 e. The highest BCUT2D eigenvalue weighted by Gasteiger charge is 2.09. The molecule has 0 unspecified atom stereocenters. The quantitative estimate of drug-likeness (QED) is 0.294. The van der Waals surface area contributed by atoms with Crippen LogP contribution in [0.5, 0.6) is 0 Å². The molecule has 0 radical (unpaired) electrons. The number of unbranched alkanes of at least 4 members (excludes halogenated alkanes) is 1. The molecule has 2 aromatic carbocycles. The van der Waals surface area contributed by atoms with Gasteiger partial charge in [-0.1, -0.05) is 48.5 Å². The second-order valence-electron chi connectivity index (χ2n) is 7.57. The summed E-state index contributed by atoms with van der Waals surface area (Å²) in [6.45, 7) is 7.06. The molecule has 6 heteroatoms. The summed E-state index contributed by atoms with van der Waals surface area (Å²) in [5, 5.41) is 11.4. The first kappa shape index (κ1) is 22.6. The highest BCUT2D eigenvalue weighted by Crippen LogP contribution is 2.16. The van der Waals surface area contributed by atoms with Gasteiger partial charge in [-0.2, -0.15) is 5.10 Å². The predicted octanol–water partition coefficient (Wildman–Crippen LogP) is 4.15. The average Bonchev–Trinajstić information content (AvgIpc) is 3.13. The van der Waals surface area contributed by atoms with Crippen LogP contribution in [-0.2, 0) is 17.9 Å². The molecule has 1 aromatic heterocycles. The number of nitrogens with one attached hydrogen (secondary N) is 2. The molecule has 0 atom stereocenters. The fourth-order valence-corrected chi connectivity index (χ4v) is 3.44. The molecule has 0 spiro atoms. The van der Waals surface area contributed by atoms with E-state index in [0.29, 0.717) is 13.2 Å². The molecule has 0 saturated carbocycles. The van der Waals surface area contributed by atoms with Gasteiger partial charge < -0.3 is 15.4 Å². The Balaban J connectivity index is 1.40. The summed E-state index contributed by atoms with van der Waals surface area (Å²) < 4.78 is 7.74. The third-order valence-electron chi connectivity index (χ3n) is 5.02. The Bertz CT molecular complexity index is 965. The summed E-state index contributed by atoms with van der Waals surface area (Å²) in [5.74, 6) is 0.799. The van der Waals surface area contributed by atoms with E-state index in [1.54, 1.807) is 7.05 Å². The number of aryl methyl sites for hydroxylation is 2. The van der Waals surface area contributed by atoms with Gasteiger partial charge >= 0.3 is 0 Å². The molecule has 6 nitrogen and oxygen atoms in total. The van der Waals surface area contributed by atoms with Crippen LogP contribution in [0, 0.1) is 13.8 Å². The number of aromatic nitrogens is 2. The average molecular weight is 420 g/mol. The van der Waals surface area contributed by atoms with Gasteiger partial charge in [-0.3, -0.25) is 4.99 Å². The minimum atomic E-state index is 0.673. The molecular weight excluding hydrogens is 386 g/mol. The smallest absolute Gasteiger partial charge is 0.191 e.